The highest BCUT2D eigenvalue weighted by atomic mass is 16.5. The van der Waals surface area contributed by atoms with Crippen molar-refractivity contribution < 1.29 is 9.53 Å². The Kier molecular flexibility index (Phi) is 3.75. The van der Waals surface area contributed by atoms with E-state index in [1.165, 1.54) is 6.42 Å². The van der Waals surface area contributed by atoms with E-state index in [0.717, 1.165) is 19.5 Å². The number of benzene rings is 1. The molecule has 1 heterocycles. The molecule has 18 heavy (non-hydrogen) atoms. The number of rotatable bonds is 2. The second-order valence-corrected chi connectivity index (χ2v) is 4.96. The third kappa shape index (κ3) is 2.58. The summed E-state index contributed by atoms with van der Waals surface area (Å²) in [4.78, 5) is 14.2. The van der Waals surface area contributed by atoms with E-state index >= 15 is 0 Å². The van der Waals surface area contributed by atoms with Gasteiger partial charge < -0.3 is 15.4 Å². The van der Waals surface area contributed by atoms with Crippen LogP contribution in [0.4, 0.5) is 5.69 Å². The molecule has 98 valence electrons. The van der Waals surface area contributed by atoms with E-state index in [4.69, 9.17) is 10.5 Å². The van der Waals surface area contributed by atoms with E-state index < -0.39 is 0 Å². The first-order chi connectivity index (χ1) is 8.61. The summed E-state index contributed by atoms with van der Waals surface area (Å²) >= 11 is 0. The van der Waals surface area contributed by atoms with Crippen LogP contribution in [0.25, 0.3) is 0 Å². The zero-order valence-electron chi connectivity index (χ0n) is 11.0. The minimum atomic E-state index is 0.0657. The molecule has 2 rings (SSSR count). The number of piperidine rings is 1. The summed E-state index contributed by atoms with van der Waals surface area (Å²) < 4.78 is 5.09. The van der Waals surface area contributed by atoms with Crippen LogP contribution in [-0.2, 0) is 0 Å². The normalized spacial score (nSPS) is 19.7. The van der Waals surface area contributed by atoms with E-state index in [2.05, 4.69) is 6.92 Å². The molecule has 4 heteroatoms. The molecule has 0 bridgehead atoms. The molecule has 0 saturated carbocycles. The van der Waals surface area contributed by atoms with E-state index in [9.17, 15) is 4.79 Å². The Morgan fingerprint density at radius 1 is 1.50 bits per heavy atom. The van der Waals surface area contributed by atoms with Gasteiger partial charge in [-0.15, -0.1) is 0 Å². The summed E-state index contributed by atoms with van der Waals surface area (Å²) in [6.45, 7) is 3.86. The second kappa shape index (κ2) is 5.29. The fourth-order valence-electron chi connectivity index (χ4n) is 2.42. The van der Waals surface area contributed by atoms with Crippen molar-refractivity contribution in [3.63, 3.8) is 0 Å². The minimum Gasteiger partial charge on any atom is -0.495 e. The summed E-state index contributed by atoms with van der Waals surface area (Å²) in [5.41, 5.74) is 6.98. The Morgan fingerprint density at radius 3 is 2.89 bits per heavy atom. The molecule has 1 aliphatic heterocycles. The number of amides is 1. The lowest BCUT2D eigenvalue weighted by atomic mass is 9.99. The fraction of sp³-hybridized carbons (Fsp3) is 0.500. The second-order valence-electron chi connectivity index (χ2n) is 4.96. The maximum atomic E-state index is 12.3. The van der Waals surface area contributed by atoms with Gasteiger partial charge in [0.1, 0.15) is 5.75 Å². The average molecular weight is 248 g/mol. The van der Waals surface area contributed by atoms with Crippen molar-refractivity contribution in [1.82, 2.24) is 4.90 Å². The number of anilines is 1. The van der Waals surface area contributed by atoms with Crippen molar-refractivity contribution in [2.24, 2.45) is 5.92 Å². The highest BCUT2D eigenvalue weighted by Gasteiger charge is 2.22. The quantitative estimate of drug-likeness (QED) is 0.816. The number of nitrogens with two attached hydrogens (primary N) is 1. The van der Waals surface area contributed by atoms with Gasteiger partial charge >= 0.3 is 0 Å². The number of likely N-dealkylation sites (tertiary alicyclic amines) is 1. The first-order valence-corrected chi connectivity index (χ1v) is 6.34. The first-order valence-electron chi connectivity index (χ1n) is 6.34. The van der Waals surface area contributed by atoms with Gasteiger partial charge in [0.15, 0.2) is 0 Å². The summed E-state index contributed by atoms with van der Waals surface area (Å²) in [5.74, 6) is 1.26. The maximum absolute atomic E-state index is 12.3. The molecular formula is C14H20N2O2. The van der Waals surface area contributed by atoms with Crippen molar-refractivity contribution in [1.29, 1.82) is 0 Å². The lowest BCUT2D eigenvalue weighted by molar-refractivity contribution is 0.0683. The van der Waals surface area contributed by atoms with E-state index in [0.29, 0.717) is 22.9 Å². The van der Waals surface area contributed by atoms with Crippen LogP contribution in [0.1, 0.15) is 30.1 Å². The number of nitrogens with zero attached hydrogens (tertiary/aromatic N) is 1. The van der Waals surface area contributed by atoms with Crippen molar-refractivity contribution in [3.8, 4) is 5.75 Å². The van der Waals surface area contributed by atoms with E-state index in [1.807, 2.05) is 4.90 Å². The summed E-state index contributed by atoms with van der Waals surface area (Å²) in [6, 6.07) is 5.22. The molecule has 4 nitrogen and oxygen atoms in total. The molecule has 1 aromatic rings. The molecule has 1 aliphatic rings. The predicted octanol–water partition coefficient (Wildman–Crippen LogP) is 2.15. The number of carbonyl (C=O) groups is 1. The monoisotopic (exact) mass is 248 g/mol. The van der Waals surface area contributed by atoms with Gasteiger partial charge in [-0.3, -0.25) is 4.79 Å². The Labute approximate surface area is 108 Å². The molecule has 0 aromatic heterocycles. The number of nitrogen functional groups attached to an aromatic ring is 1. The van der Waals surface area contributed by atoms with Gasteiger partial charge in [-0.1, -0.05) is 6.92 Å². The zero-order valence-corrected chi connectivity index (χ0v) is 11.0. The van der Waals surface area contributed by atoms with E-state index in [-0.39, 0.29) is 5.91 Å². The molecule has 1 atom stereocenters. The molecule has 1 amide bonds. The Hall–Kier alpha value is -1.71. The van der Waals surface area contributed by atoms with Gasteiger partial charge in [0.2, 0.25) is 0 Å². The fourth-order valence-corrected chi connectivity index (χ4v) is 2.42. The molecule has 0 spiro atoms. The molecule has 1 aromatic carbocycles. The number of carbonyl (C=O) groups excluding carboxylic acids is 1. The van der Waals surface area contributed by atoms with Crippen molar-refractivity contribution in [3.05, 3.63) is 23.8 Å². The van der Waals surface area contributed by atoms with Crippen molar-refractivity contribution in [2.45, 2.75) is 19.8 Å². The third-order valence-electron chi connectivity index (χ3n) is 3.42. The topological polar surface area (TPSA) is 55.6 Å². The number of methoxy groups -OCH3 is 1. The van der Waals surface area contributed by atoms with Gasteiger partial charge in [-0.25, -0.2) is 0 Å². The molecule has 1 fully saturated rings. The van der Waals surface area contributed by atoms with Crippen LogP contribution in [0.5, 0.6) is 5.75 Å². The first kappa shape index (κ1) is 12.7. The van der Waals surface area contributed by atoms with Gasteiger partial charge in [0.25, 0.3) is 5.91 Å². The molecule has 0 aliphatic carbocycles. The SMILES string of the molecule is COc1ccc(C(=O)N2CCC[C@@H](C)C2)cc1N. The van der Waals surface area contributed by atoms with Crippen LogP contribution in [0.3, 0.4) is 0 Å². The third-order valence-corrected chi connectivity index (χ3v) is 3.42. The van der Waals surface area contributed by atoms with Crippen LogP contribution >= 0.6 is 0 Å². The lowest BCUT2D eigenvalue weighted by Crippen LogP contribution is -2.39. The zero-order chi connectivity index (χ0) is 13.1. The Bertz CT molecular complexity index is 445. The van der Waals surface area contributed by atoms with E-state index in [1.54, 1.807) is 25.3 Å². The summed E-state index contributed by atoms with van der Waals surface area (Å²) in [6.07, 6.45) is 2.28. The smallest absolute Gasteiger partial charge is 0.253 e. The predicted molar refractivity (Wildman–Crippen MR) is 71.7 cm³/mol. The van der Waals surface area contributed by atoms with Crippen molar-refractivity contribution in [2.75, 3.05) is 25.9 Å². The van der Waals surface area contributed by atoms with Gasteiger partial charge in [-0.05, 0) is 37.0 Å². The number of ether oxygens (including phenoxy) is 1. The van der Waals surface area contributed by atoms with Crippen molar-refractivity contribution >= 4 is 11.6 Å². The van der Waals surface area contributed by atoms with Crippen LogP contribution < -0.4 is 10.5 Å². The van der Waals surface area contributed by atoms with Gasteiger partial charge in [0.05, 0.1) is 12.8 Å². The van der Waals surface area contributed by atoms with Crippen LogP contribution in [-0.4, -0.2) is 31.0 Å². The summed E-state index contributed by atoms with van der Waals surface area (Å²) in [5, 5.41) is 0. The number of hydrogen-bond acceptors (Lipinski definition) is 3. The Morgan fingerprint density at radius 2 is 2.28 bits per heavy atom. The molecule has 0 unspecified atom stereocenters. The minimum absolute atomic E-state index is 0.0657. The highest BCUT2D eigenvalue weighted by molar-refractivity contribution is 5.95. The van der Waals surface area contributed by atoms with Gasteiger partial charge in [0, 0.05) is 18.7 Å². The Balaban J connectivity index is 2.15. The molecule has 1 saturated heterocycles. The van der Waals surface area contributed by atoms with Crippen LogP contribution in [0.2, 0.25) is 0 Å². The molecular weight excluding hydrogens is 228 g/mol. The number of hydrogen-bond donors (Lipinski definition) is 1. The maximum Gasteiger partial charge on any atom is 0.253 e. The van der Waals surface area contributed by atoms with Crippen LogP contribution in [0, 0.1) is 5.92 Å². The standard InChI is InChI=1S/C14H20N2O2/c1-10-4-3-7-16(9-10)14(17)11-5-6-13(18-2)12(15)8-11/h5-6,8,10H,3-4,7,9,15H2,1-2H3/t10-/m1/s1. The summed E-state index contributed by atoms with van der Waals surface area (Å²) in [7, 11) is 1.57. The lowest BCUT2D eigenvalue weighted by Gasteiger charge is -2.31. The molecule has 0 radical (unpaired) electrons. The largest absolute Gasteiger partial charge is 0.495 e. The highest BCUT2D eigenvalue weighted by Crippen LogP contribution is 2.24. The van der Waals surface area contributed by atoms with Crippen LogP contribution in [0.15, 0.2) is 18.2 Å². The van der Waals surface area contributed by atoms with Gasteiger partial charge in [-0.2, -0.15) is 0 Å². The average Bonchev–Trinajstić information content (AvgIpc) is 2.37. The molecule has 2 N–H and O–H groups in total.